The van der Waals surface area contributed by atoms with Gasteiger partial charge in [-0.2, -0.15) is 0 Å². The summed E-state index contributed by atoms with van der Waals surface area (Å²) in [6.07, 6.45) is 5.70. The fourth-order valence-corrected chi connectivity index (χ4v) is 5.84. The van der Waals surface area contributed by atoms with Gasteiger partial charge in [-0.1, -0.05) is 49.2 Å². The Morgan fingerprint density at radius 2 is 1.74 bits per heavy atom. The predicted octanol–water partition coefficient (Wildman–Crippen LogP) is 4.42. The van der Waals surface area contributed by atoms with E-state index in [1.54, 1.807) is 36.1 Å². The average Bonchev–Trinajstić information content (AvgIpc) is 3.39. The third-order valence-electron chi connectivity index (χ3n) is 7.06. The lowest BCUT2D eigenvalue weighted by molar-refractivity contribution is -0.141. The van der Waals surface area contributed by atoms with Crippen LogP contribution in [0.25, 0.3) is 0 Å². The molecule has 1 aliphatic rings. The number of nitrogens with zero attached hydrogens (tertiary/aromatic N) is 2. The van der Waals surface area contributed by atoms with Crippen molar-refractivity contribution in [2.45, 2.75) is 77.9 Å². The van der Waals surface area contributed by atoms with Crippen LogP contribution in [0.1, 0.15) is 63.5 Å². The molecule has 2 aromatic rings. The van der Waals surface area contributed by atoms with Crippen molar-refractivity contribution in [1.82, 2.24) is 10.2 Å². The van der Waals surface area contributed by atoms with Crippen molar-refractivity contribution in [2.24, 2.45) is 0 Å². The first kappa shape index (κ1) is 29.5. The highest BCUT2D eigenvalue weighted by molar-refractivity contribution is 7.92. The highest BCUT2D eigenvalue weighted by atomic mass is 32.2. The zero-order chi connectivity index (χ0) is 27.7. The van der Waals surface area contributed by atoms with Crippen LogP contribution >= 0.6 is 0 Å². The summed E-state index contributed by atoms with van der Waals surface area (Å²) in [6, 6.07) is 14.3. The number of hydrogen-bond acceptors (Lipinski definition) is 5. The molecule has 0 heterocycles. The van der Waals surface area contributed by atoms with E-state index in [4.69, 9.17) is 4.74 Å². The number of ether oxygens (including phenoxy) is 1. The molecule has 1 fully saturated rings. The lowest BCUT2D eigenvalue weighted by Crippen LogP contribution is -2.49. The monoisotopic (exact) mass is 543 g/mol. The molecule has 38 heavy (non-hydrogen) atoms. The molecule has 8 nitrogen and oxygen atoms in total. The number of aryl methyl sites for hydroxylation is 1. The molecule has 1 N–H and O–H groups in total. The molecule has 0 radical (unpaired) electrons. The smallest absolute Gasteiger partial charge is 0.242 e. The summed E-state index contributed by atoms with van der Waals surface area (Å²) in [5, 5.41) is 3.11. The van der Waals surface area contributed by atoms with E-state index in [1.165, 1.54) is 4.31 Å². The van der Waals surface area contributed by atoms with E-state index < -0.39 is 16.1 Å². The first-order valence-electron chi connectivity index (χ1n) is 13.5. The minimum Gasteiger partial charge on any atom is -0.492 e. The van der Waals surface area contributed by atoms with Gasteiger partial charge < -0.3 is 15.0 Å². The van der Waals surface area contributed by atoms with E-state index in [9.17, 15) is 18.0 Å². The maximum Gasteiger partial charge on any atom is 0.242 e. The molecule has 0 aliphatic heterocycles. The number of anilines is 1. The molecule has 2 amide bonds. The largest absolute Gasteiger partial charge is 0.492 e. The van der Waals surface area contributed by atoms with Gasteiger partial charge in [0.2, 0.25) is 21.8 Å². The van der Waals surface area contributed by atoms with Crippen LogP contribution in [0.3, 0.4) is 0 Å². The molecule has 0 unspecified atom stereocenters. The maximum absolute atomic E-state index is 13.5. The SMILES string of the molecule is CCOc1ccccc1N(CCCC(=O)N(Cc1ccccc1C)[C@@H](C)C(=O)NC1CCCC1)S(C)(=O)=O. The fraction of sp³-hybridized carbons (Fsp3) is 0.517. The molecule has 1 saturated carbocycles. The number of carbonyl (C=O) groups is 2. The first-order chi connectivity index (χ1) is 18.1. The molecular formula is C29H41N3O5S. The zero-order valence-electron chi connectivity index (χ0n) is 23.0. The molecule has 2 aromatic carbocycles. The third-order valence-corrected chi connectivity index (χ3v) is 8.24. The van der Waals surface area contributed by atoms with E-state index in [-0.39, 0.29) is 30.8 Å². The number of rotatable bonds is 13. The van der Waals surface area contributed by atoms with E-state index in [1.807, 2.05) is 38.1 Å². The van der Waals surface area contributed by atoms with E-state index in [2.05, 4.69) is 5.32 Å². The van der Waals surface area contributed by atoms with E-state index >= 15 is 0 Å². The van der Waals surface area contributed by atoms with Crippen LogP contribution < -0.4 is 14.4 Å². The summed E-state index contributed by atoms with van der Waals surface area (Å²) in [6.45, 7) is 6.43. The van der Waals surface area contributed by atoms with Crippen molar-refractivity contribution >= 4 is 27.5 Å². The Hall–Kier alpha value is -3.07. The number of hydrogen-bond donors (Lipinski definition) is 1. The summed E-state index contributed by atoms with van der Waals surface area (Å²) >= 11 is 0. The van der Waals surface area contributed by atoms with Crippen LogP contribution in [0, 0.1) is 6.92 Å². The molecule has 1 atom stereocenters. The van der Waals surface area contributed by atoms with Crippen LogP contribution in [-0.2, 0) is 26.2 Å². The van der Waals surface area contributed by atoms with Gasteiger partial charge in [-0.3, -0.25) is 13.9 Å². The van der Waals surface area contributed by atoms with Crippen molar-refractivity contribution in [1.29, 1.82) is 0 Å². The Morgan fingerprint density at radius 3 is 2.39 bits per heavy atom. The first-order valence-corrected chi connectivity index (χ1v) is 15.3. The Balaban J connectivity index is 1.75. The van der Waals surface area contributed by atoms with Crippen molar-refractivity contribution in [3.05, 3.63) is 59.7 Å². The van der Waals surface area contributed by atoms with Crippen molar-refractivity contribution in [3.8, 4) is 5.75 Å². The number of benzene rings is 2. The lowest BCUT2D eigenvalue weighted by Gasteiger charge is -2.31. The minimum absolute atomic E-state index is 0.107. The number of amides is 2. The molecule has 208 valence electrons. The minimum atomic E-state index is -3.61. The second-order valence-corrected chi connectivity index (χ2v) is 11.9. The summed E-state index contributed by atoms with van der Waals surface area (Å²) in [7, 11) is -3.61. The molecule has 9 heteroatoms. The van der Waals surface area contributed by atoms with Crippen LogP contribution in [-0.4, -0.2) is 56.6 Å². The van der Waals surface area contributed by atoms with Crippen LogP contribution in [0.2, 0.25) is 0 Å². The van der Waals surface area contributed by atoms with Crippen molar-refractivity contribution in [3.63, 3.8) is 0 Å². The topological polar surface area (TPSA) is 96.0 Å². The highest BCUT2D eigenvalue weighted by Crippen LogP contribution is 2.30. The normalized spacial score (nSPS) is 14.6. The highest BCUT2D eigenvalue weighted by Gasteiger charge is 2.29. The van der Waals surface area contributed by atoms with Crippen molar-refractivity contribution in [2.75, 3.05) is 23.7 Å². The second-order valence-electron chi connectivity index (χ2n) is 9.95. The molecule has 0 bridgehead atoms. The molecule has 0 aromatic heterocycles. The summed E-state index contributed by atoms with van der Waals surface area (Å²) in [5.41, 5.74) is 2.47. The number of para-hydroxylation sites is 2. The molecule has 0 spiro atoms. The molecular weight excluding hydrogens is 502 g/mol. The van der Waals surface area contributed by atoms with Gasteiger partial charge in [-0.15, -0.1) is 0 Å². The average molecular weight is 544 g/mol. The summed E-state index contributed by atoms with van der Waals surface area (Å²) in [5.74, 6) is 0.140. The fourth-order valence-electron chi connectivity index (χ4n) is 4.87. The second kappa shape index (κ2) is 13.6. The third kappa shape index (κ3) is 7.96. The molecule has 3 rings (SSSR count). The van der Waals surface area contributed by atoms with Gasteiger partial charge in [0, 0.05) is 25.6 Å². The summed E-state index contributed by atoms with van der Waals surface area (Å²) in [4.78, 5) is 28.3. The Kier molecular flexibility index (Phi) is 10.6. The number of nitrogens with one attached hydrogen (secondary N) is 1. The van der Waals surface area contributed by atoms with Gasteiger partial charge in [-0.05, 0) is 63.3 Å². The van der Waals surface area contributed by atoms with Crippen LogP contribution in [0.15, 0.2) is 48.5 Å². The lowest BCUT2D eigenvalue weighted by atomic mass is 10.1. The zero-order valence-corrected chi connectivity index (χ0v) is 23.8. The van der Waals surface area contributed by atoms with Crippen LogP contribution in [0.5, 0.6) is 5.75 Å². The Morgan fingerprint density at radius 1 is 1.08 bits per heavy atom. The van der Waals surface area contributed by atoms with E-state index in [0.29, 0.717) is 31.0 Å². The summed E-state index contributed by atoms with van der Waals surface area (Å²) < 4.78 is 32.2. The van der Waals surface area contributed by atoms with E-state index in [0.717, 1.165) is 43.1 Å². The molecule has 1 aliphatic carbocycles. The quantitative estimate of drug-likeness (QED) is 0.404. The van der Waals surface area contributed by atoms with Gasteiger partial charge in [0.25, 0.3) is 0 Å². The standard InChI is InChI=1S/C29H41N3O5S/c1-5-37-27-18-11-10-17-26(27)32(38(4,35)36)20-12-19-28(33)31(21-24-14-7-6-13-22(24)2)23(3)29(34)30-25-15-8-9-16-25/h6-7,10-11,13-14,17-18,23,25H,5,8-9,12,15-16,19-21H2,1-4H3,(H,30,34)/t23-/m0/s1. The predicted molar refractivity (Wildman–Crippen MR) is 151 cm³/mol. The molecule has 0 saturated heterocycles. The Bertz CT molecular complexity index is 1190. The van der Waals surface area contributed by atoms with Gasteiger partial charge in [-0.25, -0.2) is 8.42 Å². The number of sulfonamides is 1. The van der Waals surface area contributed by atoms with Gasteiger partial charge >= 0.3 is 0 Å². The van der Waals surface area contributed by atoms with Gasteiger partial charge in [0.1, 0.15) is 11.8 Å². The van der Waals surface area contributed by atoms with Crippen LogP contribution in [0.4, 0.5) is 5.69 Å². The van der Waals surface area contributed by atoms with Gasteiger partial charge in [0.15, 0.2) is 0 Å². The maximum atomic E-state index is 13.5. The van der Waals surface area contributed by atoms with Gasteiger partial charge in [0.05, 0.1) is 18.6 Å². The Labute approximate surface area is 227 Å². The van der Waals surface area contributed by atoms with Crippen molar-refractivity contribution < 1.29 is 22.7 Å². The number of carbonyl (C=O) groups excluding carboxylic acids is 2.